The van der Waals surface area contributed by atoms with E-state index in [2.05, 4.69) is 0 Å². The molecule has 0 spiro atoms. The summed E-state index contributed by atoms with van der Waals surface area (Å²) in [6.07, 6.45) is 0.776. The molecule has 6 heteroatoms. The Morgan fingerprint density at radius 2 is 2.04 bits per heavy atom. The second kappa shape index (κ2) is 9.21. The van der Waals surface area contributed by atoms with E-state index in [9.17, 15) is 4.79 Å². The van der Waals surface area contributed by atoms with E-state index in [1.165, 1.54) is 0 Å². The van der Waals surface area contributed by atoms with Crippen LogP contribution in [0.2, 0.25) is 5.02 Å². The molecule has 0 aliphatic rings. The number of hydrogen-bond donors (Lipinski definition) is 0. The zero-order chi connectivity index (χ0) is 18.4. The molecule has 0 aliphatic heterocycles. The lowest BCUT2D eigenvalue weighted by molar-refractivity contribution is 0.140. The van der Waals surface area contributed by atoms with Gasteiger partial charge >= 0.3 is 0 Å². The van der Waals surface area contributed by atoms with Gasteiger partial charge in [0.05, 0.1) is 10.9 Å². The summed E-state index contributed by atoms with van der Waals surface area (Å²) in [5.41, 5.74) is 1.83. The lowest BCUT2D eigenvalue weighted by Gasteiger charge is -2.13. The second-order valence-electron chi connectivity index (χ2n) is 5.84. The van der Waals surface area contributed by atoms with Crippen LogP contribution in [0, 0.1) is 0 Å². The zero-order valence-corrected chi connectivity index (χ0v) is 16.2. The van der Waals surface area contributed by atoms with Crippen molar-refractivity contribution in [3.8, 4) is 0 Å². The van der Waals surface area contributed by atoms with Crippen LogP contribution in [-0.4, -0.2) is 22.8 Å². The van der Waals surface area contributed by atoms with Gasteiger partial charge in [-0.1, -0.05) is 47.6 Å². The van der Waals surface area contributed by atoms with Crippen molar-refractivity contribution in [3.63, 3.8) is 0 Å². The Balaban J connectivity index is 1.89. The molecular formula is C20H21ClN2O2S. The molecule has 136 valence electrons. The average molecular weight is 389 g/mol. The van der Waals surface area contributed by atoms with Crippen LogP contribution in [0.5, 0.6) is 0 Å². The quantitative estimate of drug-likeness (QED) is 0.317. The van der Waals surface area contributed by atoms with Gasteiger partial charge in [-0.2, -0.15) is 0 Å². The van der Waals surface area contributed by atoms with Gasteiger partial charge in [-0.3, -0.25) is 9.36 Å². The Labute approximate surface area is 162 Å². The Bertz CT molecular complexity index is 942. The molecule has 3 rings (SSSR count). The zero-order valence-electron chi connectivity index (χ0n) is 14.7. The number of para-hydroxylation sites is 1. The van der Waals surface area contributed by atoms with Gasteiger partial charge in [-0.15, -0.1) is 0 Å². The largest absolute Gasteiger partial charge is 0.382 e. The maximum atomic E-state index is 12.9. The van der Waals surface area contributed by atoms with Crippen LogP contribution in [0.15, 0.2) is 58.5 Å². The number of fused-ring (bicyclic) bond motifs is 1. The lowest BCUT2D eigenvalue weighted by Crippen LogP contribution is -2.24. The second-order valence-corrected chi connectivity index (χ2v) is 7.22. The highest BCUT2D eigenvalue weighted by atomic mass is 35.5. The van der Waals surface area contributed by atoms with Crippen LogP contribution in [0.4, 0.5) is 0 Å². The van der Waals surface area contributed by atoms with Crippen molar-refractivity contribution in [1.82, 2.24) is 9.55 Å². The number of aromatic nitrogens is 2. The molecule has 0 aliphatic carbocycles. The number of ether oxygens (including phenoxy) is 1. The van der Waals surface area contributed by atoms with E-state index in [0.717, 1.165) is 22.7 Å². The summed E-state index contributed by atoms with van der Waals surface area (Å²) in [6.45, 7) is 3.87. The van der Waals surface area contributed by atoms with Crippen LogP contribution in [-0.2, 0) is 17.0 Å². The Morgan fingerprint density at radius 1 is 1.19 bits per heavy atom. The van der Waals surface area contributed by atoms with Crippen molar-refractivity contribution in [2.75, 3.05) is 13.2 Å². The van der Waals surface area contributed by atoms with Gasteiger partial charge in [0.25, 0.3) is 5.56 Å². The molecule has 1 aromatic heterocycles. The normalized spacial score (nSPS) is 11.2. The standard InChI is InChI=1S/C20H21ClN2O2S/c1-2-25-12-6-11-23-19(24)17-9-3-4-10-18(17)22-20(23)26-14-15-7-5-8-16(21)13-15/h3-5,7-10,13H,2,6,11-12,14H2,1H3. The first-order valence-corrected chi connectivity index (χ1v) is 10.00. The fourth-order valence-corrected chi connectivity index (χ4v) is 3.88. The molecule has 0 unspecified atom stereocenters. The van der Waals surface area contributed by atoms with Crippen LogP contribution >= 0.6 is 23.4 Å². The number of hydrogen-bond acceptors (Lipinski definition) is 4. The van der Waals surface area contributed by atoms with Crippen molar-refractivity contribution in [2.45, 2.75) is 30.8 Å². The molecule has 0 bridgehead atoms. The van der Waals surface area contributed by atoms with Crippen LogP contribution in [0.1, 0.15) is 18.9 Å². The van der Waals surface area contributed by atoms with Crippen molar-refractivity contribution in [3.05, 3.63) is 69.5 Å². The summed E-state index contributed by atoms with van der Waals surface area (Å²) in [5, 5.41) is 2.09. The van der Waals surface area contributed by atoms with Gasteiger partial charge in [-0.25, -0.2) is 4.98 Å². The molecule has 0 N–H and O–H groups in total. The summed E-state index contributed by atoms with van der Waals surface area (Å²) in [6, 6.07) is 15.2. The van der Waals surface area contributed by atoms with E-state index in [1.807, 2.05) is 55.5 Å². The van der Waals surface area contributed by atoms with Crippen LogP contribution < -0.4 is 5.56 Å². The fourth-order valence-electron chi connectivity index (χ4n) is 2.70. The maximum absolute atomic E-state index is 12.9. The third kappa shape index (κ3) is 4.67. The first-order valence-electron chi connectivity index (χ1n) is 8.63. The number of nitrogens with zero attached hydrogens (tertiary/aromatic N) is 2. The maximum Gasteiger partial charge on any atom is 0.262 e. The number of halogens is 1. The third-order valence-corrected chi connectivity index (χ3v) is 5.24. The first kappa shape index (κ1) is 19.0. The van der Waals surface area contributed by atoms with Gasteiger partial charge in [-0.05, 0) is 43.2 Å². The van der Waals surface area contributed by atoms with Crippen molar-refractivity contribution in [1.29, 1.82) is 0 Å². The van der Waals surface area contributed by atoms with Crippen molar-refractivity contribution < 1.29 is 4.74 Å². The number of rotatable bonds is 8. The number of thioether (sulfide) groups is 1. The predicted molar refractivity (Wildman–Crippen MR) is 108 cm³/mol. The van der Waals surface area contributed by atoms with Crippen molar-refractivity contribution >= 4 is 34.3 Å². The molecule has 2 aromatic carbocycles. The molecule has 0 saturated carbocycles. The van der Waals surface area contributed by atoms with E-state index >= 15 is 0 Å². The smallest absolute Gasteiger partial charge is 0.262 e. The highest BCUT2D eigenvalue weighted by Gasteiger charge is 2.11. The molecule has 0 radical (unpaired) electrons. The van der Waals surface area contributed by atoms with Crippen molar-refractivity contribution in [2.24, 2.45) is 0 Å². The molecule has 3 aromatic rings. The van der Waals surface area contributed by atoms with Gasteiger partial charge in [0, 0.05) is 30.5 Å². The highest BCUT2D eigenvalue weighted by Crippen LogP contribution is 2.23. The van der Waals surface area contributed by atoms with E-state index in [-0.39, 0.29) is 5.56 Å². The minimum Gasteiger partial charge on any atom is -0.382 e. The fraction of sp³-hybridized carbons (Fsp3) is 0.300. The molecular weight excluding hydrogens is 368 g/mol. The summed E-state index contributed by atoms with van der Waals surface area (Å²) in [5.74, 6) is 0.705. The first-order chi connectivity index (χ1) is 12.7. The summed E-state index contributed by atoms with van der Waals surface area (Å²) >= 11 is 7.62. The third-order valence-electron chi connectivity index (χ3n) is 3.96. The minimum atomic E-state index is 0.000641. The van der Waals surface area contributed by atoms with Gasteiger partial charge in [0.1, 0.15) is 0 Å². The highest BCUT2D eigenvalue weighted by molar-refractivity contribution is 7.98. The molecule has 0 atom stereocenters. The average Bonchev–Trinajstić information content (AvgIpc) is 2.65. The number of benzene rings is 2. The predicted octanol–water partition coefficient (Wildman–Crippen LogP) is 4.77. The topological polar surface area (TPSA) is 44.1 Å². The minimum absolute atomic E-state index is 0.000641. The Hall–Kier alpha value is -1.82. The SMILES string of the molecule is CCOCCCn1c(SCc2cccc(Cl)c2)nc2ccccc2c1=O. The van der Waals surface area contributed by atoms with E-state index in [4.69, 9.17) is 21.3 Å². The van der Waals surface area contributed by atoms with Gasteiger partial charge < -0.3 is 4.74 Å². The molecule has 0 saturated heterocycles. The summed E-state index contributed by atoms with van der Waals surface area (Å²) in [4.78, 5) is 17.7. The Morgan fingerprint density at radius 3 is 2.85 bits per heavy atom. The molecule has 1 heterocycles. The van der Waals surface area contributed by atoms with Crippen LogP contribution in [0.3, 0.4) is 0 Å². The van der Waals surface area contributed by atoms with Crippen LogP contribution in [0.25, 0.3) is 10.9 Å². The summed E-state index contributed by atoms with van der Waals surface area (Å²) < 4.78 is 7.17. The van der Waals surface area contributed by atoms with Gasteiger partial charge in [0.2, 0.25) is 0 Å². The van der Waals surface area contributed by atoms with E-state index in [1.54, 1.807) is 16.3 Å². The van der Waals surface area contributed by atoms with Gasteiger partial charge in [0.15, 0.2) is 5.16 Å². The molecule has 4 nitrogen and oxygen atoms in total. The molecule has 0 fully saturated rings. The van der Waals surface area contributed by atoms with E-state index in [0.29, 0.717) is 35.9 Å². The molecule has 26 heavy (non-hydrogen) atoms. The summed E-state index contributed by atoms with van der Waals surface area (Å²) in [7, 11) is 0. The lowest BCUT2D eigenvalue weighted by atomic mass is 10.2. The monoisotopic (exact) mass is 388 g/mol. The molecule has 0 amide bonds. The Kier molecular flexibility index (Phi) is 6.72. The van der Waals surface area contributed by atoms with E-state index < -0.39 is 0 Å².